The van der Waals surface area contributed by atoms with Crippen molar-refractivity contribution in [1.82, 2.24) is 15.5 Å². The van der Waals surface area contributed by atoms with E-state index in [2.05, 4.69) is 15.8 Å². The van der Waals surface area contributed by atoms with Gasteiger partial charge in [-0.1, -0.05) is 59.8 Å². The van der Waals surface area contributed by atoms with Crippen LogP contribution < -0.4 is 10.6 Å². The van der Waals surface area contributed by atoms with Crippen LogP contribution in [0.1, 0.15) is 43.9 Å². The number of nitrogens with zero attached hydrogens (tertiary/aromatic N) is 2. The molecule has 10 heteroatoms. The summed E-state index contributed by atoms with van der Waals surface area (Å²) in [5.74, 6) is -0.0470. The first-order chi connectivity index (χ1) is 17.2. The van der Waals surface area contributed by atoms with E-state index >= 15 is 0 Å². The number of hydrogen-bond acceptors (Lipinski definition) is 7. The van der Waals surface area contributed by atoms with E-state index < -0.39 is 23.8 Å². The Morgan fingerprint density at radius 2 is 1.72 bits per heavy atom. The first kappa shape index (κ1) is 26.5. The average Bonchev–Trinajstić information content (AvgIpc) is 2.80. The van der Waals surface area contributed by atoms with Crippen molar-refractivity contribution in [2.75, 3.05) is 13.7 Å². The van der Waals surface area contributed by atoms with Gasteiger partial charge < -0.3 is 19.6 Å². The van der Waals surface area contributed by atoms with Gasteiger partial charge in [0.2, 0.25) is 5.91 Å². The van der Waals surface area contributed by atoms with E-state index in [0.29, 0.717) is 18.5 Å². The van der Waals surface area contributed by atoms with Gasteiger partial charge in [0, 0.05) is 18.7 Å². The van der Waals surface area contributed by atoms with Gasteiger partial charge in [-0.3, -0.25) is 15.0 Å². The Balaban J connectivity index is 1.51. The molecule has 1 heterocycles. The van der Waals surface area contributed by atoms with Crippen molar-refractivity contribution >= 4 is 23.9 Å². The van der Waals surface area contributed by atoms with Crippen molar-refractivity contribution < 1.29 is 28.7 Å². The maximum atomic E-state index is 12.6. The van der Waals surface area contributed by atoms with Crippen molar-refractivity contribution in [1.29, 1.82) is 0 Å². The highest BCUT2D eigenvalue weighted by Crippen LogP contribution is 2.21. The predicted octanol–water partition coefficient (Wildman–Crippen LogP) is 3.55. The van der Waals surface area contributed by atoms with Crippen molar-refractivity contribution in [3.8, 4) is 0 Å². The van der Waals surface area contributed by atoms with Gasteiger partial charge >= 0.3 is 12.2 Å². The second-order valence-corrected chi connectivity index (χ2v) is 9.20. The normalized spacial score (nSPS) is 15.4. The number of likely N-dealkylation sites (tertiary alicyclic amines) is 1. The molecule has 0 spiro atoms. The third-order valence-electron chi connectivity index (χ3n) is 5.26. The molecule has 2 aromatic carbocycles. The van der Waals surface area contributed by atoms with Gasteiger partial charge in [0.15, 0.2) is 5.84 Å². The highest BCUT2D eigenvalue weighted by atomic mass is 16.6. The van der Waals surface area contributed by atoms with Crippen LogP contribution in [0.25, 0.3) is 0 Å². The fraction of sp³-hybridized carbons (Fsp3) is 0.385. The number of oxime groups is 1. The molecule has 10 nitrogen and oxygen atoms in total. The minimum atomic E-state index is -0.666. The molecule has 1 saturated heterocycles. The molecule has 0 saturated carbocycles. The molecular formula is C26H32N4O6. The number of rotatable bonds is 7. The Morgan fingerprint density at radius 1 is 1.03 bits per heavy atom. The van der Waals surface area contributed by atoms with Crippen molar-refractivity contribution in [3.63, 3.8) is 0 Å². The highest BCUT2D eigenvalue weighted by Gasteiger charge is 2.39. The fourth-order valence-electron chi connectivity index (χ4n) is 3.38. The molecular weight excluding hydrogens is 464 g/mol. The molecule has 1 fully saturated rings. The van der Waals surface area contributed by atoms with Crippen molar-refractivity contribution in [2.45, 2.75) is 52.0 Å². The molecule has 1 aliphatic rings. The molecule has 1 aliphatic heterocycles. The third-order valence-corrected chi connectivity index (χ3v) is 5.26. The minimum absolute atomic E-state index is 0.123. The van der Waals surface area contributed by atoms with E-state index in [4.69, 9.17) is 14.3 Å². The van der Waals surface area contributed by atoms with E-state index in [-0.39, 0.29) is 24.9 Å². The van der Waals surface area contributed by atoms with Gasteiger partial charge in [0.05, 0.1) is 0 Å². The predicted molar refractivity (Wildman–Crippen MR) is 133 cm³/mol. The van der Waals surface area contributed by atoms with Crippen LogP contribution in [0.5, 0.6) is 0 Å². The van der Waals surface area contributed by atoms with Crippen LogP contribution in [0.15, 0.2) is 59.8 Å². The Labute approximate surface area is 210 Å². The van der Waals surface area contributed by atoms with Gasteiger partial charge in [0.1, 0.15) is 25.4 Å². The molecule has 0 radical (unpaired) electrons. The molecule has 0 aliphatic carbocycles. The number of nitrogens with one attached hydrogen (secondary N) is 2. The van der Waals surface area contributed by atoms with Gasteiger partial charge in [-0.05, 0) is 38.3 Å². The van der Waals surface area contributed by atoms with Crippen LogP contribution in [-0.4, -0.2) is 54.1 Å². The number of carbonyl (C=O) groups excluding carboxylic acids is 3. The smallest absolute Gasteiger partial charge is 0.413 e. The van der Waals surface area contributed by atoms with Gasteiger partial charge in [-0.15, -0.1) is 0 Å². The van der Waals surface area contributed by atoms with Crippen LogP contribution >= 0.6 is 0 Å². The lowest BCUT2D eigenvalue weighted by molar-refractivity contribution is -0.130. The largest absolute Gasteiger partial charge is 0.444 e. The van der Waals surface area contributed by atoms with Crippen LogP contribution in [0.3, 0.4) is 0 Å². The lowest BCUT2D eigenvalue weighted by atomic mass is 10.0. The zero-order valence-electron chi connectivity index (χ0n) is 20.9. The lowest BCUT2D eigenvalue weighted by Crippen LogP contribution is -2.59. The zero-order chi connectivity index (χ0) is 26.1. The first-order valence-corrected chi connectivity index (χ1v) is 11.6. The van der Waals surface area contributed by atoms with Crippen LogP contribution in [0.2, 0.25) is 0 Å². The van der Waals surface area contributed by atoms with Crippen LogP contribution in [0, 0.1) is 0 Å². The summed E-state index contributed by atoms with van der Waals surface area (Å²) in [6, 6.07) is 15.9. The average molecular weight is 497 g/mol. The summed E-state index contributed by atoms with van der Waals surface area (Å²) in [5.41, 5.74) is 1.67. The molecule has 192 valence electrons. The number of amides is 3. The number of hydrogen-bond donors (Lipinski definition) is 2. The summed E-state index contributed by atoms with van der Waals surface area (Å²) in [6.45, 7) is 6.25. The standard InChI is InChI=1S/C26H32N4O6/c1-26(2,3)36-25(33)30-15-14-21(30)23(31)27-16-18-10-12-20(13-11-18)22(29-34-4)28-24(32)35-17-19-8-6-5-7-9-19/h5-13,21H,14-17H2,1-4H3,(H,27,31)(H,28,29,32)/t21-/m0/s1. The Kier molecular flexibility index (Phi) is 8.88. The molecule has 3 amide bonds. The molecule has 36 heavy (non-hydrogen) atoms. The fourth-order valence-corrected chi connectivity index (χ4v) is 3.38. The first-order valence-electron chi connectivity index (χ1n) is 11.6. The molecule has 3 rings (SSSR count). The van der Waals surface area contributed by atoms with E-state index in [9.17, 15) is 14.4 Å². The van der Waals surface area contributed by atoms with Gasteiger partial charge in [0.25, 0.3) is 0 Å². The second-order valence-electron chi connectivity index (χ2n) is 9.20. The van der Waals surface area contributed by atoms with E-state index in [1.807, 2.05) is 30.3 Å². The molecule has 0 aromatic heterocycles. The number of amidine groups is 1. The molecule has 0 bridgehead atoms. The van der Waals surface area contributed by atoms with E-state index in [1.165, 1.54) is 12.0 Å². The molecule has 2 N–H and O–H groups in total. The van der Waals surface area contributed by atoms with Crippen LogP contribution in [-0.2, 0) is 32.3 Å². The highest BCUT2D eigenvalue weighted by molar-refractivity contribution is 6.06. The summed E-state index contributed by atoms with van der Waals surface area (Å²) in [7, 11) is 1.38. The third kappa shape index (κ3) is 7.72. The van der Waals surface area contributed by atoms with Gasteiger partial charge in [-0.25, -0.2) is 9.59 Å². The Bertz CT molecular complexity index is 1080. The molecule has 0 unspecified atom stereocenters. The van der Waals surface area contributed by atoms with Gasteiger partial charge in [-0.2, -0.15) is 0 Å². The SMILES string of the molecule is CO/N=C(\NC(=O)OCc1ccccc1)c1ccc(CNC(=O)[C@@H]2CCN2C(=O)OC(C)(C)C)cc1. The topological polar surface area (TPSA) is 119 Å². The minimum Gasteiger partial charge on any atom is -0.444 e. The van der Waals surface area contributed by atoms with E-state index in [0.717, 1.165) is 11.1 Å². The van der Waals surface area contributed by atoms with Crippen molar-refractivity contribution in [2.24, 2.45) is 5.16 Å². The number of benzene rings is 2. The Morgan fingerprint density at radius 3 is 2.31 bits per heavy atom. The number of carbonyl (C=O) groups is 3. The van der Waals surface area contributed by atoms with E-state index in [1.54, 1.807) is 45.0 Å². The maximum absolute atomic E-state index is 12.6. The maximum Gasteiger partial charge on any atom is 0.413 e. The summed E-state index contributed by atoms with van der Waals surface area (Å²) in [4.78, 5) is 43.3. The van der Waals surface area contributed by atoms with Crippen molar-refractivity contribution in [3.05, 3.63) is 71.3 Å². The lowest BCUT2D eigenvalue weighted by Gasteiger charge is -2.40. The number of ether oxygens (including phenoxy) is 2. The summed E-state index contributed by atoms with van der Waals surface area (Å²) in [6.07, 6.45) is -0.563. The van der Waals surface area contributed by atoms with Crippen LogP contribution in [0.4, 0.5) is 9.59 Å². The molecule has 1 atom stereocenters. The summed E-state index contributed by atoms with van der Waals surface area (Å²) < 4.78 is 10.6. The monoisotopic (exact) mass is 496 g/mol. The quantitative estimate of drug-likeness (QED) is 0.344. The summed E-state index contributed by atoms with van der Waals surface area (Å²) in [5, 5.41) is 9.31. The zero-order valence-corrected chi connectivity index (χ0v) is 20.9. The second kappa shape index (κ2) is 12.1. The summed E-state index contributed by atoms with van der Waals surface area (Å²) >= 11 is 0. The molecule has 2 aromatic rings. The number of alkyl carbamates (subject to hydrolysis) is 1. The Hall–Kier alpha value is -4.08.